The molecule has 8 heteroatoms. The van der Waals surface area contributed by atoms with E-state index in [1.807, 2.05) is 16.6 Å². The van der Waals surface area contributed by atoms with Crippen LogP contribution < -0.4 is 5.56 Å². The summed E-state index contributed by atoms with van der Waals surface area (Å²) in [6.07, 6.45) is 7.98. The van der Waals surface area contributed by atoms with Crippen molar-refractivity contribution in [3.05, 3.63) is 69.0 Å². The molecule has 2 N–H and O–H groups in total. The molecule has 2 fully saturated rings. The van der Waals surface area contributed by atoms with Crippen LogP contribution >= 0.6 is 11.8 Å². The van der Waals surface area contributed by atoms with Crippen molar-refractivity contribution in [3.63, 3.8) is 0 Å². The van der Waals surface area contributed by atoms with Crippen molar-refractivity contribution in [2.75, 3.05) is 6.54 Å². The number of hydrogen-bond acceptors (Lipinski definition) is 5. The Hall–Kier alpha value is -2.84. The SMILES string of the molecule is Cc1c(-c2[nH]c3c(c2C(C)C)C(C)C(C)([C@@H]2CC4CC2CN4Cc2ccc[nH]c2=O)S3)cn2ncnc2c1C. The molecule has 1 aliphatic carbocycles. The second-order valence-electron chi connectivity index (χ2n) is 12.6. The third-order valence-corrected chi connectivity index (χ3v) is 11.9. The van der Waals surface area contributed by atoms with Gasteiger partial charge in [-0.25, -0.2) is 9.50 Å². The molecule has 7 nitrogen and oxygen atoms in total. The molecule has 1 saturated heterocycles. The number of rotatable bonds is 5. The lowest BCUT2D eigenvalue weighted by atomic mass is 9.73. The molecule has 39 heavy (non-hydrogen) atoms. The number of aromatic amines is 2. The van der Waals surface area contributed by atoms with Crippen LogP contribution in [0.3, 0.4) is 0 Å². The van der Waals surface area contributed by atoms with E-state index in [2.05, 4.69) is 84.5 Å². The fraction of sp³-hybridized carbons (Fsp3) is 0.516. The Bertz CT molecular complexity index is 1650. The zero-order valence-electron chi connectivity index (χ0n) is 23.7. The minimum absolute atomic E-state index is 0.0488. The summed E-state index contributed by atoms with van der Waals surface area (Å²) in [5.41, 5.74) is 9.78. The van der Waals surface area contributed by atoms with Crippen LogP contribution in [0.5, 0.6) is 0 Å². The van der Waals surface area contributed by atoms with Gasteiger partial charge in [0.15, 0.2) is 5.65 Å². The number of fused-ring (bicyclic) bond motifs is 4. The number of hydrogen-bond donors (Lipinski definition) is 2. The predicted octanol–water partition coefficient (Wildman–Crippen LogP) is 6.03. The third kappa shape index (κ3) is 3.63. The van der Waals surface area contributed by atoms with Crippen LogP contribution in [0.15, 0.2) is 40.7 Å². The average Bonchev–Trinajstić information content (AvgIpc) is 3.71. The standard InChI is InChI=1S/C31H38N6OS/c1-16(2)25-26-19(5)31(6,24-11-22-10-21(24)13-36(22)12-20-8-7-9-32-29(20)38)39-30(26)35-27(25)23-14-37-28(33-15-34-37)18(4)17(23)3/h7-9,14-16,19,21-22,24,35H,10-13H2,1-6H3,(H,32,38)/t19?,21?,22?,24-,31?/m1/s1. The first-order chi connectivity index (χ1) is 18.7. The molecule has 2 aliphatic heterocycles. The number of H-pyrrole nitrogens is 2. The summed E-state index contributed by atoms with van der Waals surface area (Å²) in [6.45, 7) is 15.9. The Morgan fingerprint density at radius 1 is 1.23 bits per heavy atom. The number of nitrogens with one attached hydrogen (secondary N) is 2. The zero-order chi connectivity index (χ0) is 27.2. The lowest BCUT2D eigenvalue weighted by Crippen LogP contribution is -2.44. The summed E-state index contributed by atoms with van der Waals surface area (Å²) in [5.74, 6) is 2.23. The topological polar surface area (TPSA) is 82.1 Å². The molecule has 2 bridgehead atoms. The van der Waals surface area contributed by atoms with Gasteiger partial charge < -0.3 is 9.97 Å². The molecule has 0 spiro atoms. The molecule has 7 rings (SSSR count). The van der Waals surface area contributed by atoms with Crippen molar-refractivity contribution in [2.45, 2.75) is 88.6 Å². The molecule has 0 radical (unpaired) electrons. The first kappa shape index (κ1) is 25.1. The van der Waals surface area contributed by atoms with Crippen molar-refractivity contribution in [3.8, 4) is 11.3 Å². The number of aromatic nitrogens is 5. The molecule has 3 aliphatic rings. The van der Waals surface area contributed by atoms with E-state index in [1.54, 1.807) is 12.5 Å². The lowest BCUT2D eigenvalue weighted by molar-refractivity contribution is 0.142. The van der Waals surface area contributed by atoms with Gasteiger partial charge in [0, 0.05) is 47.4 Å². The van der Waals surface area contributed by atoms with Crippen molar-refractivity contribution in [2.24, 2.45) is 11.8 Å². The number of piperidine rings is 1. The van der Waals surface area contributed by atoms with E-state index < -0.39 is 0 Å². The highest BCUT2D eigenvalue weighted by molar-refractivity contribution is 8.01. The number of likely N-dealkylation sites (tertiary alicyclic amines) is 1. The second-order valence-corrected chi connectivity index (χ2v) is 14.1. The Morgan fingerprint density at radius 3 is 2.77 bits per heavy atom. The summed E-state index contributed by atoms with van der Waals surface area (Å²) in [4.78, 5) is 26.1. The van der Waals surface area contributed by atoms with E-state index >= 15 is 0 Å². The van der Waals surface area contributed by atoms with Gasteiger partial charge in [-0.15, -0.1) is 11.8 Å². The van der Waals surface area contributed by atoms with Gasteiger partial charge in [-0.2, -0.15) is 5.10 Å². The van der Waals surface area contributed by atoms with E-state index in [9.17, 15) is 4.79 Å². The molecule has 4 unspecified atom stereocenters. The molecule has 204 valence electrons. The molecule has 5 atom stereocenters. The van der Waals surface area contributed by atoms with Gasteiger partial charge in [0.25, 0.3) is 5.56 Å². The number of pyridine rings is 2. The molecule has 0 amide bonds. The van der Waals surface area contributed by atoms with Gasteiger partial charge in [-0.1, -0.05) is 26.8 Å². The predicted molar refractivity (Wildman–Crippen MR) is 156 cm³/mol. The number of nitrogens with zero attached hydrogens (tertiary/aromatic N) is 4. The number of aryl methyl sites for hydroxylation is 1. The van der Waals surface area contributed by atoms with Gasteiger partial charge in [0.1, 0.15) is 6.33 Å². The van der Waals surface area contributed by atoms with Gasteiger partial charge in [0.05, 0.1) is 10.7 Å². The first-order valence-corrected chi connectivity index (χ1v) is 15.1. The molecular weight excluding hydrogens is 504 g/mol. The van der Waals surface area contributed by atoms with Crippen LogP contribution in [-0.4, -0.2) is 46.8 Å². The molecule has 0 aromatic carbocycles. The smallest absolute Gasteiger partial charge is 0.252 e. The molecule has 4 aromatic heterocycles. The minimum Gasteiger partial charge on any atom is -0.349 e. The van der Waals surface area contributed by atoms with E-state index in [1.165, 1.54) is 51.4 Å². The Balaban J connectivity index is 1.19. The largest absolute Gasteiger partial charge is 0.349 e. The molecule has 1 saturated carbocycles. The third-order valence-electron chi connectivity index (χ3n) is 10.3. The zero-order valence-corrected chi connectivity index (χ0v) is 24.5. The molecular formula is C31H38N6OS. The highest BCUT2D eigenvalue weighted by atomic mass is 32.2. The van der Waals surface area contributed by atoms with E-state index in [4.69, 9.17) is 0 Å². The normalized spacial score (nSPS) is 28.3. The lowest BCUT2D eigenvalue weighted by Gasteiger charge is -2.42. The second kappa shape index (κ2) is 8.83. The highest BCUT2D eigenvalue weighted by Crippen LogP contribution is 2.64. The molecule has 6 heterocycles. The Labute approximate surface area is 233 Å². The summed E-state index contributed by atoms with van der Waals surface area (Å²) in [5, 5.41) is 5.81. The average molecular weight is 543 g/mol. The summed E-state index contributed by atoms with van der Waals surface area (Å²) in [6, 6.07) is 4.48. The summed E-state index contributed by atoms with van der Waals surface area (Å²) >= 11 is 2.09. The maximum absolute atomic E-state index is 12.3. The quantitative estimate of drug-likeness (QED) is 0.322. The highest BCUT2D eigenvalue weighted by Gasteiger charge is 2.57. The van der Waals surface area contributed by atoms with Crippen molar-refractivity contribution in [1.29, 1.82) is 0 Å². The van der Waals surface area contributed by atoms with E-state index in [0.29, 0.717) is 29.7 Å². The van der Waals surface area contributed by atoms with Crippen molar-refractivity contribution in [1.82, 2.24) is 29.5 Å². The fourth-order valence-electron chi connectivity index (χ4n) is 8.01. The van der Waals surface area contributed by atoms with Crippen LogP contribution in [0.2, 0.25) is 0 Å². The van der Waals surface area contributed by atoms with Crippen LogP contribution in [0.4, 0.5) is 0 Å². The van der Waals surface area contributed by atoms with Gasteiger partial charge >= 0.3 is 0 Å². The van der Waals surface area contributed by atoms with Crippen molar-refractivity contribution < 1.29 is 0 Å². The molecule has 4 aromatic rings. The van der Waals surface area contributed by atoms with Crippen LogP contribution in [0.25, 0.3) is 16.9 Å². The van der Waals surface area contributed by atoms with Gasteiger partial charge in [-0.05, 0) is 85.6 Å². The number of thioether (sulfide) groups is 1. The summed E-state index contributed by atoms with van der Waals surface area (Å²) in [7, 11) is 0. The Morgan fingerprint density at radius 2 is 2.05 bits per heavy atom. The van der Waals surface area contributed by atoms with Gasteiger partial charge in [-0.3, -0.25) is 9.69 Å². The van der Waals surface area contributed by atoms with Crippen LogP contribution in [-0.2, 0) is 6.54 Å². The maximum atomic E-state index is 12.3. The minimum atomic E-state index is 0.0488. The van der Waals surface area contributed by atoms with Crippen LogP contribution in [0, 0.1) is 25.7 Å². The van der Waals surface area contributed by atoms with Crippen molar-refractivity contribution >= 4 is 17.4 Å². The maximum Gasteiger partial charge on any atom is 0.252 e. The van der Waals surface area contributed by atoms with Gasteiger partial charge in [0.2, 0.25) is 0 Å². The Kier molecular flexibility index (Phi) is 5.69. The summed E-state index contributed by atoms with van der Waals surface area (Å²) < 4.78 is 2.08. The van der Waals surface area contributed by atoms with Crippen LogP contribution in [0.1, 0.15) is 80.2 Å². The first-order valence-electron chi connectivity index (χ1n) is 14.3. The monoisotopic (exact) mass is 542 g/mol. The fourth-order valence-corrected chi connectivity index (χ4v) is 9.74. The van der Waals surface area contributed by atoms with E-state index in [-0.39, 0.29) is 10.3 Å². The van der Waals surface area contributed by atoms with E-state index in [0.717, 1.165) is 24.3 Å².